The highest BCUT2D eigenvalue weighted by Gasteiger charge is 2.19. The lowest BCUT2D eigenvalue weighted by molar-refractivity contribution is -0.167. The zero-order valence-electron chi connectivity index (χ0n) is 42.9. The second-order valence-corrected chi connectivity index (χ2v) is 17.0. The lowest BCUT2D eigenvalue weighted by Crippen LogP contribution is -2.30. The van der Waals surface area contributed by atoms with Gasteiger partial charge in [-0.05, 0) is 122 Å². The lowest BCUT2D eigenvalue weighted by Gasteiger charge is -2.18. The molecule has 0 aromatic rings. The average molecular weight is 925 g/mol. The van der Waals surface area contributed by atoms with E-state index < -0.39 is 6.10 Å². The third-order valence-electron chi connectivity index (χ3n) is 10.6. The first kappa shape index (κ1) is 62.5. The van der Waals surface area contributed by atoms with E-state index in [0.717, 1.165) is 141 Å². The summed E-state index contributed by atoms with van der Waals surface area (Å²) in [7, 11) is 0. The van der Waals surface area contributed by atoms with Crippen molar-refractivity contribution >= 4 is 17.9 Å². The summed E-state index contributed by atoms with van der Waals surface area (Å²) in [5.74, 6) is -1.00. The normalized spacial score (nSPS) is 13.2. The van der Waals surface area contributed by atoms with E-state index in [1.807, 2.05) is 0 Å². The Balaban J connectivity index is 4.34. The second kappa shape index (κ2) is 54.2. The quantitative estimate of drug-likeness (QED) is 0.0262. The molecule has 0 heterocycles. The molecule has 0 aromatic carbocycles. The van der Waals surface area contributed by atoms with Gasteiger partial charge in [-0.3, -0.25) is 14.4 Å². The van der Waals surface area contributed by atoms with Crippen LogP contribution in [-0.4, -0.2) is 37.2 Å². The van der Waals surface area contributed by atoms with Crippen molar-refractivity contribution < 1.29 is 28.6 Å². The minimum atomic E-state index is -0.811. The average Bonchev–Trinajstić information content (AvgIpc) is 3.33. The zero-order valence-corrected chi connectivity index (χ0v) is 42.9. The van der Waals surface area contributed by atoms with Gasteiger partial charge in [-0.25, -0.2) is 0 Å². The van der Waals surface area contributed by atoms with Gasteiger partial charge in [0.2, 0.25) is 0 Å². The van der Waals surface area contributed by atoms with Crippen LogP contribution in [0, 0.1) is 0 Å². The lowest BCUT2D eigenvalue weighted by atomic mass is 10.1. The Morgan fingerprint density at radius 2 is 0.597 bits per heavy atom. The summed E-state index contributed by atoms with van der Waals surface area (Å²) in [5.41, 5.74) is 0. The number of carbonyl (C=O) groups is 3. The molecular weight excluding hydrogens is 829 g/mol. The molecule has 0 aromatic heterocycles. The highest BCUT2D eigenvalue weighted by molar-refractivity contribution is 5.71. The summed E-state index contributed by atoms with van der Waals surface area (Å²) in [5, 5.41) is 0. The van der Waals surface area contributed by atoms with Crippen LogP contribution in [0.15, 0.2) is 134 Å². The van der Waals surface area contributed by atoms with E-state index in [-0.39, 0.29) is 37.5 Å². The molecule has 376 valence electrons. The van der Waals surface area contributed by atoms with Gasteiger partial charge in [-0.15, -0.1) is 0 Å². The van der Waals surface area contributed by atoms with E-state index in [1.54, 1.807) is 0 Å². The molecule has 0 saturated carbocycles. The van der Waals surface area contributed by atoms with Gasteiger partial charge < -0.3 is 14.2 Å². The third-order valence-corrected chi connectivity index (χ3v) is 10.6. The molecule has 6 heteroatoms. The maximum Gasteiger partial charge on any atom is 0.306 e. The Morgan fingerprint density at radius 3 is 0.985 bits per heavy atom. The fourth-order valence-corrected chi connectivity index (χ4v) is 6.62. The Labute approximate surface area is 411 Å². The molecule has 0 bridgehead atoms. The molecule has 0 saturated heterocycles. The zero-order chi connectivity index (χ0) is 48.6. The Hall–Kier alpha value is -4.45. The van der Waals surface area contributed by atoms with Gasteiger partial charge in [0.05, 0.1) is 0 Å². The van der Waals surface area contributed by atoms with Gasteiger partial charge in [-0.2, -0.15) is 0 Å². The molecule has 0 N–H and O–H groups in total. The Bertz CT molecular complexity index is 1480. The monoisotopic (exact) mass is 925 g/mol. The predicted molar refractivity (Wildman–Crippen MR) is 288 cm³/mol. The van der Waals surface area contributed by atoms with E-state index in [1.165, 1.54) is 25.7 Å². The smallest absolute Gasteiger partial charge is 0.306 e. The molecule has 0 amide bonds. The van der Waals surface area contributed by atoms with Crippen LogP contribution in [0.4, 0.5) is 0 Å². The maximum absolute atomic E-state index is 12.7. The molecule has 0 aliphatic rings. The molecular formula is C61H96O6. The van der Waals surface area contributed by atoms with Crippen molar-refractivity contribution in [3.05, 3.63) is 134 Å². The number of hydrogen-bond donors (Lipinski definition) is 0. The van der Waals surface area contributed by atoms with Gasteiger partial charge >= 0.3 is 17.9 Å². The molecule has 0 rings (SSSR count). The predicted octanol–water partition coefficient (Wildman–Crippen LogP) is 17.9. The number of carbonyl (C=O) groups excluding carboxylic acids is 3. The van der Waals surface area contributed by atoms with Crippen LogP contribution >= 0.6 is 0 Å². The van der Waals surface area contributed by atoms with Crippen LogP contribution in [0.1, 0.15) is 213 Å². The summed E-state index contributed by atoms with van der Waals surface area (Å²) in [4.78, 5) is 37.8. The SMILES string of the molecule is CC/C=C\C/C=C\C/C=C\C/C=C\C/C=C\C/C=C\C/C=C\C/C=C\C/C=C\CCCC(=O)OCC(COC(=O)CCCCCCC/C=C\CCC)OC(=O)CCCCCCC/C=C\CCC. The number of unbranched alkanes of at least 4 members (excludes halogenated alkanes) is 13. The first-order valence-electron chi connectivity index (χ1n) is 26.7. The summed E-state index contributed by atoms with van der Waals surface area (Å²) in [6.45, 7) is 6.31. The summed E-state index contributed by atoms with van der Waals surface area (Å²) >= 11 is 0. The van der Waals surface area contributed by atoms with Crippen molar-refractivity contribution in [1.29, 1.82) is 0 Å². The molecule has 0 aliphatic carbocycles. The van der Waals surface area contributed by atoms with Crippen molar-refractivity contribution in [2.45, 2.75) is 219 Å². The van der Waals surface area contributed by atoms with Gasteiger partial charge in [0.1, 0.15) is 13.2 Å². The van der Waals surface area contributed by atoms with E-state index in [2.05, 4.69) is 154 Å². The van der Waals surface area contributed by atoms with Crippen molar-refractivity contribution in [2.75, 3.05) is 13.2 Å². The van der Waals surface area contributed by atoms with Crippen molar-refractivity contribution in [1.82, 2.24) is 0 Å². The molecule has 67 heavy (non-hydrogen) atoms. The molecule has 6 nitrogen and oxygen atoms in total. The van der Waals surface area contributed by atoms with Gasteiger partial charge in [0.15, 0.2) is 6.10 Å². The summed E-state index contributed by atoms with van der Waals surface area (Å²) in [6.07, 6.45) is 76.1. The molecule has 0 aliphatic heterocycles. The summed E-state index contributed by atoms with van der Waals surface area (Å²) < 4.78 is 16.7. The van der Waals surface area contributed by atoms with Crippen LogP contribution in [-0.2, 0) is 28.6 Å². The minimum absolute atomic E-state index is 0.108. The highest BCUT2D eigenvalue weighted by Crippen LogP contribution is 2.12. The number of rotatable bonds is 46. The highest BCUT2D eigenvalue weighted by atomic mass is 16.6. The third kappa shape index (κ3) is 52.4. The van der Waals surface area contributed by atoms with Crippen molar-refractivity contribution in [3.63, 3.8) is 0 Å². The Morgan fingerprint density at radius 1 is 0.313 bits per heavy atom. The van der Waals surface area contributed by atoms with Crippen molar-refractivity contribution in [2.24, 2.45) is 0 Å². The summed E-state index contributed by atoms with van der Waals surface area (Å²) in [6, 6.07) is 0. The number of esters is 3. The molecule has 0 radical (unpaired) electrons. The number of allylic oxidation sites excluding steroid dienone is 22. The van der Waals surface area contributed by atoms with Crippen LogP contribution in [0.3, 0.4) is 0 Å². The molecule has 0 spiro atoms. The van der Waals surface area contributed by atoms with E-state index in [0.29, 0.717) is 19.3 Å². The van der Waals surface area contributed by atoms with E-state index >= 15 is 0 Å². The van der Waals surface area contributed by atoms with E-state index in [9.17, 15) is 14.4 Å². The first-order chi connectivity index (χ1) is 33.0. The minimum Gasteiger partial charge on any atom is -0.462 e. The maximum atomic E-state index is 12.7. The Kier molecular flexibility index (Phi) is 50.6. The first-order valence-corrected chi connectivity index (χ1v) is 26.7. The van der Waals surface area contributed by atoms with Crippen molar-refractivity contribution in [3.8, 4) is 0 Å². The van der Waals surface area contributed by atoms with Gasteiger partial charge in [0.25, 0.3) is 0 Å². The van der Waals surface area contributed by atoms with Gasteiger partial charge in [-0.1, -0.05) is 206 Å². The fraction of sp³-hybridized carbons (Fsp3) is 0.590. The number of hydrogen-bond acceptors (Lipinski definition) is 6. The largest absolute Gasteiger partial charge is 0.462 e. The van der Waals surface area contributed by atoms with Crippen LogP contribution < -0.4 is 0 Å². The van der Waals surface area contributed by atoms with Crippen LogP contribution in [0.5, 0.6) is 0 Å². The number of ether oxygens (including phenoxy) is 3. The second-order valence-electron chi connectivity index (χ2n) is 17.0. The topological polar surface area (TPSA) is 78.9 Å². The van der Waals surface area contributed by atoms with Gasteiger partial charge in [0, 0.05) is 19.3 Å². The fourth-order valence-electron chi connectivity index (χ4n) is 6.62. The van der Waals surface area contributed by atoms with Crippen LogP contribution in [0.25, 0.3) is 0 Å². The molecule has 1 unspecified atom stereocenters. The standard InChI is InChI=1S/C61H96O6/c1-4-7-10-13-16-19-22-23-24-25-26-27-28-29-30-31-32-33-34-35-36-37-38-39-40-43-45-48-51-54-60(63)66-57-58(67-61(64)55-52-49-46-42-21-18-15-12-9-6-3)56-65-59(62)53-50-47-44-41-20-17-14-11-8-5-2/h7,10-12,14-16,19,23-24,26-27,29-30,32-33,35-36,38-39,43,45,58H,4-6,8-9,13,17-18,20-22,25,28,31,34,37,40-42,44,46-57H2,1-3H3/b10-7-,14-11-,15-12-,19-16-,24-23-,27-26-,30-29-,33-32-,36-35-,39-38-,45-43-. The molecule has 1 atom stereocenters. The van der Waals surface area contributed by atoms with E-state index in [4.69, 9.17) is 14.2 Å². The van der Waals surface area contributed by atoms with Crippen LogP contribution in [0.2, 0.25) is 0 Å². The molecule has 0 fully saturated rings.